The van der Waals surface area contributed by atoms with Gasteiger partial charge in [-0.3, -0.25) is 4.79 Å². The number of anilines is 1. The van der Waals surface area contributed by atoms with Crippen LogP contribution in [0.1, 0.15) is 25.7 Å². The highest BCUT2D eigenvalue weighted by molar-refractivity contribution is 5.93. The van der Waals surface area contributed by atoms with Gasteiger partial charge in [0.25, 0.3) is 0 Å². The van der Waals surface area contributed by atoms with E-state index in [4.69, 9.17) is 10.5 Å². The smallest absolute Gasteiger partial charge is 0.226 e. The summed E-state index contributed by atoms with van der Waals surface area (Å²) in [5.41, 5.74) is 6.02. The van der Waals surface area contributed by atoms with Crippen molar-refractivity contribution in [1.82, 2.24) is 0 Å². The molecule has 0 aliphatic heterocycles. The molecule has 0 unspecified atom stereocenters. The van der Waals surface area contributed by atoms with Crippen LogP contribution in [0, 0.1) is 0 Å². The molecule has 0 saturated heterocycles. The van der Waals surface area contributed by atoms with Crippen LogP contribution in [0.25, 0.3) is 0 Å². The van der Waals surface area contributed by atoms with Crippen molar-refractivity contribution in [2.24, 2.45) is 5.73 Å². The highest BCUT2D eigenvalue weighted by Crippen LogP contribution is 2.33. The summed E-state index contributed by atoms with van der Waals surface area (Å²) in [5, 5.41) is 12.4. The molecule has 0 heterocycles. The van der Waals surface area contributed by atoms with Crippen molar-refractivity contribution < 1.29 is 14.6 Å². The minimum absolute atomic E-state index is 0.0117. The quantitative estimate of drug-likeness (QED) is 0.709. The van der Waals surface area contributed by atoms with Gasteiger partial charge in [-0.15, -0.1) is 0 Å². The number of hydrogen-bond acceptors (Lipinski definition) is 4. The number of carbonyl (C=O) groups excluding carboxylic acids is 1. The van der Waals surface area contributed by atoms with Crippen molar-refractivity contribution in [3.05, 3.63) is 18.2 Å². The maximum atomic E-state index is 11.8. The first-order valence-corrected chi connectivity index (χ1v) is 5.98. The molecule has 0 aromatic heterocycles. The van der Waals surface area contributed by atoms with E-state index >= 15 is 0 Å². The standard InChI is InChI=1S/C13H18N2O3/c1-18-9-3-4-10(11(16)7-9)15-12(17)8-13(14)5-2-6-13/h3-4,7,16H,2,5-6,8,14H2,1H3,(H,15,17). The molecule has 0 spiro atoms. The van der Waals surface area contributed by atoms with Crippen LogP contribution in [0.3, 0.4) is 0 Å². The number of phenols is 1. The Morgan fingerprint density at radius 3 is 2.78 bits per heavy atom. The lowest BCUT2D eigenvalue weighted by atomic mass is 9.75. The molecule has 98 valence electrons. The zero-order valence-corrected chi connectivity index (χ0v) is 10.4. The van der Waals surface area contributed by atoms with Crippen LogP contribution in [0.4, 0.5) is 5.69 Å². The zero-order valence-electron chi connectivity index (χ0n) is 10.4. The van der Waals surface area contributed by atoms with E-state index in [0.29, 0.717) is 17.9 Å². The Labute approximate surface area is 106 Å². The summed E-state index contributed by atoms with van der Waals surface area (Å²) >= 11 is 0. The van der Waals surface area contributed by atoms with E-state index in [1.807, 2.05) is 0 Å². The van der Waals surface area contributed by atoms with E-state index in [-0.39, 0.29) is 17.2 Å². The molecule has 4 N–H and O–H groups in total. The van der Waals surface area contributed by atoms with Gasteiger partial charge < -0.3 is 20.9 Å². The third kappa shape index (κ3) is 2.73. The van der Waals surface area contributed by atoms with Gasteiger partial charge in [0, 0.05) is 18.0 Å². The molecule has 2 rings (SSSR count). The van der Waals surface area contributed by atoms with Crippen LogP contribution in [0.2, 0.25) is 0 Å². The number of rotatable bonds is 4. The summed E-state index contributed by atoms with van der Waals surface area (Å²) in [6, 6.07) is 4.74. The fraction of sp³-hybridized carbons (Fsp3) is 0.462. The number of methoxy groups -OCH3 is 1. The summed E-state index contributed by atoms with van der Waals surface area (Å²) in [4.78, 5) is 11.8. The van der Waals surface area contributed by atoms with E-state index < -0.39 is 0 Å². The van der Waals surface area contributed by atoms with Gasteiger partial charge in [0.15, 0.2) is 0 Å². The predicted octanol–water partition coefficient (Wildman–Crippen LogP) is 1.61. The number of carbonyl (C=O) groups is 1. The van der Waals surface area contributed by atoms with Crippen molar-refractivity contribution in [3.8, 4) is 11.5 Å². The van der Waals surface area contributed by atoms with Gasteiger partial charge in [-0.05, 0) is 31.4 Å². The maximum Gasteiger partial charge on any atom is 0.226 e. The van der Waals surface area contributed by atoms with Crippen LogP contribution in [0.5, 0.6) is 11.5 Å². The van der Waals surface area contributed by atoms with E-state index in [2.05, 4.69) is 5.32 Å². The average molecular weight is 250 g/mol. The van der Waals surface area contributed by atoms with E-state index in [1.54, 1.807) is 12.1 Å². The second kappa shape index (κ2) is 4.86. The fourth-order valence-electron chi connectivity index (χ4n) is 2.07. The Balaban J connectivity index is 1.98. The number of amides is 1. The van der Waals surface area contributed by atoms with E-state index in [0.717, 1.165) is 19.3 Å². The highest BCUT2D eigenvalue weighted by Gasteiger charge is 2.34. The minimum Gasteiger partial charge on any atom is -0.506 e. The molecule has 1 saturated carbocycles. The van der Waals surface area contributed by atoms with Gasteiger partial charge in [0.05, 0.1) is 12.8 Å². The molecule has 1 aliphatic carbocycles. The van der Waals surface area contributed by atoms with E-state index in [1.165, 1.54) is 13.2 Å². The van der Waals surface area contributed by atoms with Crippen molar-refractivity contribution in [3.63, 3.8) is 0 Å². The first-order chi connectivity index (χ1) is 8.52. The maximum absolute atomic E-state index is 11.8. The zero-order chi connectivity index (χ0) is 13.2. The first kappa shape index (κ1) is 12.7. The molecular weight excluding hydrogens is 232 g/mol. The van der Waals surface area contributed by atoms with Crippen LogP contribution in [0.15, 0.2) is 18.2 Å². The van der Waals surface area contributed by atoms with Crippen molar-refractivity contribution in [1.29, 1.82) is 0 Å². The Kier molecular flexibility index (Phi) is 3.43. The number of benzene rings is 1. The molecule has 1 aromatic carbocycles. The molecule has 18 heavy (non-hydrogen) atoms. The third-order valence-corrected chi connectivity index (χ3v) is 3.34. The molecule has 1 amide bonds. The number of nitrogens with one attached hydrogen (secondary N) is 1. The average Bonchev–Trinajstić information content (AvgIpc) is 2.29. The van der Waals surface area contributed by atoms with Crippen LogP contribution >= 0.6 is 0 Å². The Bertz CT molecular complexity index is 456. The van der Waals surface area contributed by atoms with Crippen LogP contribution in [-0.2, 0) is 4.79 Å². The van der Waals surface area contributed by atoms with Gasteiger partial charge in [-0.1, -0.05) is 0 Å². The van der Waals surface area contributed by atoms with Crippen LogP contribution < -0.4 is 15.8 Å². The Morgan fingerprint density at radius 2 is 2.28 bits per heavy atom. The SMILES string of the molecule is COc1ccc(NC(=O)CC2(N)CCC2)c(O)c1. The first-order valence-electron chi connectivity index (χ1n) is 5.98. The second-order valence-corrected chi connectivity index (χ2v) is 4.82. The van der Waals surface area contributed by atoms with Crippen molar-refractivity contribution >= 4 is 11.6 Å². The number of aromatic hydroxyl groups is 1. The fourth-order valence-corrected chi connectivity index (χ4v) is 2.07. The summed E-state index contributed by atoms with van der Waals surface area (Å²) < 4.78 is 4.97. The predicted molar refractivity (Wildman–Crippen MR) is 68.7 cm³/mol. The molecule has 1 aliphatic rings. The molecule has 5 nitrogen and oxygen atoms in total. The number of ether oxygens (including phenoxy) is 1. The number of phenolic OH excluding ortho intramolecular Hbond substituents is 1. The summed E-state index contributed by atoms with van der Waals surface area (Å²) in [6.45, 7) is 0. The van der Waals surface area contributed by atoms with Gasteiger partial charge in [-0.2, -0.15) is 0 Å². The van der Waals surface area contributed by atoms with Crippen LogP contribution in [-0.4, -0.2) is 23.7 Å². The molecule has 5 heteroatoms. The summed E-state index contributed by atoms with van der Waals surface area (Å²) in [6.07, 6.45) is 3.14. The lowest BCUT2D eigenvalue weighted by molar-refractivity contribution is -0.118. The highest BCUT2D eigenvalue weighted by atomic mass is 16.5. The molecular formula is C13H18N2O3. The van der Waals surface area contributed by atoms with Crippen molar-refractivity contribution in [2.45, 2.75) is 31.2 Å². The Morgan fingerprint density at radius 1 is 1.56 bits per heavy atom. The lowest BCUT2D eigenvalue weighted by Gasteiger charge is -2.37. The molecule has 1 fully saturated rings. The monoisotopic (exact) mass is 250 g/mol. The van der Waals surface area contributed by atoms with Gasteiger partial charge >= 0.3 is 0 Å². The second-order valence-electron chi connectivity index (χ2n) is 4.82. The van der Waals surface area contributed by atoms with Gasteiger partial charge in [0.2, 0.25) is 5.91 Å². The Hall–Kier alpha value is -1.75. The summed E-state index contributed by atoms with van der Waals surface area (Å²) in [7, 11) is 1.52. The minimum atomic E-state index is -0.355. The largest absolute Gasteiger partial charge is 0.506 e. The third-order valence-electron chi connectivity index (χ3n) is 3.34. The van der Waals surface area contributed by atoms with E-state index in [9.17, 15) is 9.90 Å². The lowest BCUT2D eigenvalue weighted by Crippen LogP contribution is -2.48. The molecule has 0 radical (unpaired) electrons. The molecule has 0 bridgehead atoms. The van der Waals surface area contributed by atoms with Gasteiger partial charge in [0.1, 0.15) is 11.5 Å². The molecule has 1 aromatic rings. The normalized spacial score (nSPS) is 16.8. The van der Waals surface area contributed by atoms with Crippen molar-refractivity contribution in [2.75, 3.05) is 12.4 Å². The number of hydrogen-bond donors (Lipinski definition) is 3. The number of nitrogens with two attached hydrogens (primary N) is 1. The summed E-state index contributed by atoms with van der Waals surface area (Å²) in [5.74, 6) is 0.361. The topological polar surface area (TPSA) is 84.6 Å². The van der Waals surface area contributed by atoms with Gasteiger partial charge in [-0.25, -0.2) is 0 Å². The molecule has 0 atom stereocenters.